The molecular formula is C15H17ClN2O2S. The van der Waals surface area contributed by atoms with Crippen LogP contribution in [0.1, 0.15) is 18.1 Å². The molecule has 2 aromatic carbocycles. The fourth-order valence-corrected chi connectivity index (χ4v) is 3.30. The molecule has 0 saturated heterocycles. The van der Waals surface area contributed by atoms with Gasteiger partial charge in [0.15, 0.2) is 0 Å². The Balaban J connectivity index is 2.38. The van der Waals surface area contributed by atoms with Gasteiger partial charge in [-0.3, -0.25) is 4.72 Å². The van der Waals surface area contributed by atoms with Crippen LogP contribution in [0.4, 0.5) is 11.4 Å². The molecule has 0 spiro atoms. The number of rotatable bonds is 4. The van der Waals surface area contributed by atoms with Crippen molar-refractivity contribution in [3.8, 4) is 0 Å². The van der Waals surface area contributed by atoms with Crippen LogP contribution < -0.4 is 10.5 Å². The first-order valence-electron chi connectivity index (χ1n) is 6.51. The van der Waals surface area contributed by atoms with E-state index in [0.29, 0.717) is 22.0 Å². The van der Waals surface area contributed by atoms with Crippen LogP contribution in [0.25, 0.3) is 0 Å². The van der Waals surface area contributed by atoms with E-state index in [2.05, 4.69) is 4.72 Å². The molecule has 4 nitrogen and oxygen atoms in total. The predicted molar refractivity (Wildman–Crippen MR) is 87.2 cm³/mol. The van der Waals surface area contributed by atoms with Gasteiger partial charge < -0.3 is 5.73 Å². The van der Waals surface area contributed by atoms with Crippen molar-refractivity contribution in [3.63, 3.8) is 0 Å². The molecule has 2 rings (SSSR count). The minimum Gasteiger partial charge on any atom is -0.398 e. The number of benzene rings is 2. The van der Waals surface area contributed by atoms with Crippen molar-refractivity contribution in [2.75, 3.05) is 10.5 Å². The van der Waals surface area contributed by atoms with E-state index >= 15 is 0 Å². The lowest BCUT2D eigenvalue weighted by molar-refractivity contribution is 0.601. The summed E-state index contributed by atoms with van der Waals surface area (Å²) in [7, 11) is -3.71. The van der Waals surface area contributed by atoms with Gasteiger partial charge in [0.05, 0.1) is 4.90 Å². The zero-order valence-electron chi connectivity index (χ0n) is 11.9. The van der Waals surface area contributed by atoms with Crippen LogP contribution in [0.15, 0.2) is 41.3 Å². The van der Waals surface area contributed by atoms with Crippen LogP contribution in [0, 0.1) is 6.92 Å². The second-order valence-corrected chi connectivity index (χ2v) is 6.87. The van der Waals surface area contributed by atoms with Gasteiger partial charge in [0.1, 0.15) is 0 Å². The number of anilines is 2. The van der Waals surface area contributed by atoms with E-state index in [4.69, 9.17) is 17.3 Å². The minimum absolute atomic E-state index is 0.0532. The number of sulfonamides is 1. The Morgan fingerprint density at radius 3 is 2.57 bits per heavy atom. The van der Waals surface area contributed by atoms with Crippen molar-refractivity contribution in [1.82, 2.24) is 0 Å². The van der Waals surface area contributed by atoms with Crippen LogP contribution >= 0.6 is 11.6 Å². The Hall–Kier alpha value is -1.72. The number of hydrogen-bond donors (Lipinski definition) is 2. The molecular weight excluding hydrogens is 308 g/mol. The zero-order valence-corrected chi connectivity index (χ0v) is 13.4. The van der Waals surface area contributed by atoms with Crippen molar-refractivity contribution in [1.29, 1.82) is 0 Å². The second-order valence-electron chi connectivity index (χ2n) is 4.78. The maximum atomic E-state index is 12.4. The van der Waals surface area contributed by atoms with Gasteiger partial charge in [-0.15, -0.1) is 0 Å². The highest BCUT2D eigenvalue weighted by Crippen LogP contribution is 2.27. The van der Waals surface area contributed by atoms with E-state index in [1.54, 1.807) is 19.1 Å². The topological polar surface area (TPSA) is 72.2 Å². The highest BCUT2D eigenvalue weighted by molar-refractivity contribution is 7.92. The van der Waals surface area contributed by atoms with Gasteiger partial charge in [-0.2, -0.15) is 0 Å². The van der Waals surface area contributed by atoms with Crippen molar-refractivity contribution in [3.05, 3.63) is 52.5 Å². The van der Waals surface area contributed by atoms with E-state index in [9.17, 15) is 8.42 Å². The average molecular weight is 325 g/mol. The molecule has 0 atom stereocenters. The summed E-state index contributed by atoms with van der Waals surface area (Å²) in [6.07, 6.45) is 0.832. The summed E-state index contributed by atoms with van der Waals surface area (Å²) >= 11 is 6.00. The Morgan fingerprint density at radius 2 is 1.95 bits per heavy atom. The molecule has 2 aromatic rings. The summed E-state index contributed by atoms with van der Waals surface area (Å²) in [6, 6.07) is 10.1. The van der Waals surface area contributed by atoms with Crippen molar-refractivity contribution < 1.29 is 8.42 Å². The molecule has 0 unspecified atom stereocenters. The molecule has 0 aromatic heterocycles. The average Bonchev–Trinajstić information content (AvgIpc) is 2.44. The lowest BCUT2D eigenvalue weighted by atomic mass is 10.1. The van der Waals surface area contributed by atoms with E-state index in [1.807, 2.05) is 19.1 Å². The first-order valence-corrected chi connectivity index (χ1v) is 8.37. The van der Waals surface area contributed by atoms with Crippen LogP contribution in [-0.2, 0) is 16.4 Å². The summed E-state index contributed by atoms with van der Waals surface area (Å²) in [5.74, 6) is 0. The lowest BCUT2D eigenvalue weighted by Gasteiger charge is -2.11. The Bertz CT molecular complexity index is 750. The number of hydrogen-bond acceptors (Lipinski definition) is 3. The monoisotopic (exact) mass is 324 g/mol. The molecule has 0 aliphatic heterocycles. The largest absolute Gasteiger partial charge is 0.398 e. The third-order valence-corrected chi connectivity index (χ3v) is 5.01. The first kappa shape index (κ1) is 15.7. The van der Waals surface area contributed by atoms with Gasteiger partial charge in [-0.05, 0) is 48.7 Å². The van der Waals surface area contributed by atoms with Gasteiger partial charge in [-0.1, -0.05) is 30.7 Å². The van der Waals surface area contributed by atoms with E-state index in [1.165, 1.54) is 12.1 Å². The van der Waals surface area contributed by atoms with Crippen molar-refractivity contribution in [2.45, 2.75) is 25.2 Å². The number of nitrogen functional groups attached to an aromatic ring is 1. The standard InChI is InChI=1S/C15H17ClN2O2S/c1-3-11-5-4-6-12(7-11)18-21(19,20)13-8-14(16)10(2)15(17)9-13/h4-9,18H,3,17H2,1-2H3. The van der Waals surface area contributed by atoms with Gasteiger partial charge in [0.2, 0.25) is 0 Å². The first-order chi connectivity index (χ1) is 9.83. The Kier molecular flexibility index (Phi) is 4.44. The molecule has 6 heteroatoms. The third kappa shape index (κ3) is 3.49. The summed E-state index contributed by atoms with van der Waals surface area (Å²) in [5.41, 5.74) is 8.37. The lowest BCUT2D eigenvalue weighted by Crippen LogP contribution is -2.13. The molecule has 0 bridgehead atoms. The van der Waals surface area contributed by atoms with E-state index in [0.717, 1.165) is 12.0 Å². The maximum absolute atomic E-state index is 12.4. The fraction of sp³-hybridized carbons (Fsp3) is 0.200. The third-order valence-electron chi connectivity index (χ3n) is 3.26. The molecule has 0 fully saturated rings. The smallest absolute Gasteiger partial charge is 0.262 e. The number of nitrogens with two attached hydrogens (primary N) is 1. The van der Waals surface area contributed by atoms with Crippen LogP contribution in [0.5, 0.6) is 0 Å². The predicted octanol–water partition coefficient (Wildman–Crippen LogP) is 3.59. The number of aryl methyl sites for hydroxylation is 1. The van der Waals surface area contributed by atoms with Gasteiger partial charge in [0.25, 0.3) is 10.0 Å². The highest BCUT2D eigenvalue weighted by Gasteiger charge is 2.17. The minimum atomic E-state index is -3.71. The Morgan fingerprint density at radius 1 is 1.24 bits per heavy atom. The van der Waals surface area contributed by atoms with E-state index < -0.39 is 10.0 Å². The zero-order chi connectivity index (χ0) is 15.6. The second kappa shape index (κ2) is 5.95. The van der Waals surface area contributed by atoms with Gasteiger partial charge >= 0.3 is 0 Å². The molecule has 0 saturated carbocycles. The van der Waals surface area contributed by atoms with Crippen molar-refractivity contribution in [2.24, 2.45) is 0 Å². The SMILES string of the molecule is CCc1cccc(NS(=O)(=O)c2cc(N)c(C)c(Cl)c2)c1. The highest BCUT2D eigenvalue weighted by atomic mass is 35.5. The summed E-state index contributed by atoms with van der Waals surface area (Å²) < 4.78 is 27.3. The number of nitrogens with one attached hydrogen (secondary N) is 1. The van der Waals surface area contributed by atoms with Gasteiger partial charge in [-0.25, -0.2) is 8.42 Å². The summed E-state index contributed by atoms with van der Waals surface area (Å²) in [6.45, 7) is 3.75. The number of halogens is 1. The molecule has 0 aliphatic carbocycles. The quantitative estimate of drug-likeness (QED) is 0.844. The summed E-state index contributed by atoms with van der Waals surface area (Å²) in [4.78, 5) is 0.0532. The molecule has 112 valence electrons. The van der Waals surface area contributed by atoms with Crippen LogP contribution in [0.3, 0.4) is 0 Å². The normalized spacial score (nSPS) is 11.4. The molecule has 0 aliphatic rings. The van der Waals surface area contributed by atoms with Crippen LogP contribution in [-0.4, -0.2) is 8.42 Å². The summed E-state index contributed by atoms with van der Waals surface area (Å²) in [5, 5.41) is 0.331. The van der Waals surface area contributed by atoms with Crippen LogP contribution in [0.2, 0.25) is 5.02 Å². The molecule has 0 amide bonds. The van der Waals surface area contributed by atoms with E-state index in [-0.39, 0.29) is 4.90 Å². The molecule has 21 heavy (non-hydrogen) atoms. The Labute approximate surface area is 130 Å². The van der Waals surface area contributed by atoms with Crippen molar-refractivity contribution >= 4 is 33.0 Å². The molecule has 0 heterocycles. The fourth-order valence-electron chi connectivity index (χ4n) is 1.90. The maximum Gasteiger partial charge on any atom is 0.262 e. The molecule has 3 N–H and O–H groups in total. The molecule has 0 radical (unpaired) electrons. The van der Waals surface area contributed by atoms with Gasteiger partial charge in [0, 0.05) is 16.4 Å².